The van der Waals surface area contributed by atoms with Crippen LogP contribution in [0.25, 0.3) is 0 Å². The van der Waals surface area contributed by atoms with Gasteiger partial charge in [0.1, 0.15) is 5.82 Å². The van der Waals surface area contributed by atoms with Crippen molar-refractivity contribution >= 4 is 11.7 Å². The Bertz CT molecular complexity index is 466. The third-order valence-electron chi connectivity index (χ3n) is 1.87. The molecule has 0 saturated heterocycles. The molecule has 0 aliphatic carbocycles. The average molecular weight is 242 g/mol. The number of pyridine rings is 1. The van der Waals surface area contributed by atoms with Gasteiger partial charge in [0.05, 0.1) is 5.56 Å². The molecule has 0 aliphatic rings. The number of rotatable bonds is 3. The normalized spacial score (nSPS) is 10.8. The van der Waals surface area contributed by atoms with Crippen LogP contribution in [0.1, 0.15) is 5.56 Å². The van der Waals surface area contributed by atoms with Crippen LogP contribution < -0.4 is 5.32 Å². The first kappa shape index (κ1) is 13.0. The van der Waals surface area contributed by atoms with E-state index in [1.807, 2.05) is 0 Å². The molecule has 0 aliphatic heterocycles. The van der Waals surface area contributed by atoms with Crippen LogP contribution >= 0.6 is 0 Å². The zero-order valence-electron chi connectivity index (χ0n) is 8.71. The number of amides is 1. The number of hydrogen-bond acceptors (Lipinski definition) is 2. The highest BCUT2D eigenvalue weighted by Crippen LogP contribution is 2.29. The van der Waals surface area contributed by atoms with Gasteiger partial charge >= 0.3 is 6.18 Å². The standard InChI is InChI=1S/C11H9F3N2O/c1-3-7(2)10(17)16-9-6-8(4-5-15-9)11(12,13)14/h3-6H,1-2H2,(H,15,16,17). The van der Waals surface area contributed by atoms with Crippen LogP contribution in [-0.4, -0.2) is 10.9 Å². The maximum absolute atomic E-state index is 12.4. The molecule has 0 fully saturated rings. The molecule has 0 radical (unpaired) electrons. The molecule has 1 rings (SSSR count). The minimum atomic E-state index is -4.47. The van der Waals surface area contributed by atoms with Crippen molar-refractivity contribution < 1.29 is 18.0 Å². The first-order chi connectivity index (χ1) is 7.84. The Balaban J connectivity index is 2.90. The van der Waals surface area contributed by atoms with E-state index in [0.29, 0.717) is 0 Å². The summed E-state index contributed by atoms with van der Waals surface area (Å²) in [6.07, 6.45) is -2.31. The second-order valence-corrected chi connectivity index (χ2v) is 3.11. The lowest BCUT2D eigenvalue weighted by Crippen LogP contribution is -2.14. The summed E-state index contributed by atoms with van der Waals surface area (Å²) in [6.45, 7) is 6.68. The van der Waals surface area contributed by atoms with E-state index in [1.54, 1.807) is 0 Å². The van der Waals surface area contributed by atoms with Gasteiger partial charge in [-0.2, -0.15) is 13.2 Å². The molecule has 0 atom stereocenters. The Morgan fingerprint density at radius 2 is 2.12 bits per heavy atom. The molecule has 1 N–H and O–H groups in total. The van der Waals surface area contributed by atoms with Crippen molar-refractivity contribution in [2.75, 3.05) is 5.32 Å². The van der Waals surface area contributed by atoms with E-state index in [-0.39, 0.29) is 11.4 Å². The number of anilines is 1. The lowest BCUT2D eigenvalue weighted by Gasteiger charge is -2.08. The summed E-state index contributed by atoms with van der Waals surface area (Å²) in [5.74, 6) is -0.834. The van der Waals surface area contributed by atoms with Gasteiger partial charge in [0, 0.05) is 11.8 Å². The quantitative estimate of drug-likeness (QED) is 0.654. The molecule has 0 saturated carbocycles. The van der Waals surface area contributed by atoms with Crippen LogP contribution in [0.2, 0.25) is 0 Å². The lowest BCUT2D eigenvalue weighted by atomic mass is 10.2. The summed E-state index contributed by atoms with van der Waals surface area (Å²) in [7, 11) is 0. The highest BCUT2D eigenvalue weighted by atomic mass is 19.4. The van der Waals surface area contributed by atoms with E-state index >= 15 is 0 Å². The van der Waals surface area contributed by atoms with Gasteiger partial charge in [-0.05, 0) is 12.1 Å². The molecule has 6 heteroatoms. The van der Waals surface area contributed by atoms with Gasteiger partial charge in [0.25, 0.3) is 5.91 Å². The fraction of sp³-hybridized carbons (Fsp3) is 0.0909. The summed E-state index contributed by atoms with van der Waals surface area (Å²) in [4.78, 5) is 14.9. The number of alkyl halides is 3. The highest BCUT2D eigenvalue weighted by molar-refractivity contribution is 6.04. The fourth-order valence-electron chi connectivity index (χ4n) is 0.965. The number of carbonyl (C=O) groups is 1. The molecule has 1 aromatic heterocycles. The number of nitrogens with one attached hydrogen (secondary N) is 1. The number of carbonyl (C=O) groups excluding carboxylic acids is 1. The van der Waals surface area contributed by atoms with E-state index < -0.39 is 17.6 Å². The minimum absolute atomic E-state index is 0.0456. The smallest absolute Gasteiger partial charge is 0.307 e. The number of nitrogens with zero attached hydrogens (tertiary/aromatic N) is 1. The Kier molecular flexibility index (Phi) is 3.67. The van der Waals surface area contributed by atoms with Crippen LogP contribution in [0.4, 0.5) is 19.0 Å². The van der Waals surface area contributed by atoms with Crippen LogP contribution in [0.5, 0.6) is 0 Å². The topological polar surface area (TPSA) is 42.0 Å². The Morgan fingerprint density at radius 1 is 1.47 bits per heavy atom. The van der Waals surface area contributed by atoms with Crippen LogP contribution in [0.15, 0.2) is 43.1 Å². The van der Waals surface area contributed by atoms with Crippen molar-refractivity contribution in [1.82, 2.24) is 4.98 Å². The number of aromatic nitrogens is 1. The average Bonchev–Trinajstić information content (AvgIpc) is 2.27. The molecule has 1 heterocycles. The monoisotopic (exact) mass is 242 g/mol. The van der Waals surface area contributed by atoms with Crippen LogP contribution in [-0.2, 0) is 11.0 Å². The molecule has 0 spiro atoms. The molecule has 0 bridgehead atoms. The molecule has 17 heavy (non-hydrogen) atoms. The van der Waals surface area contributed by atoms with Gasteiger partial charge in [-0.1, -0.05) is 19.2 Å². The third-order valence-corrected chi connectivity index (χ3v) is 1.87. The maximum Gasteiger partial charge on any atom is 0.416 e. The van der Waals surface area contributed by atoms with Crippen molar-refractivity contribution in [2.24, 2.45) is 0 Å². The summed E-state index contributed by atoms with van der Waals surface area (Å²) in [6, 6.07) is 1.56. The predicted molar refractivity (Wildman–Crippen MR) is 57.2 cm³/mol. The molecular weight excluding hydrogens is 233 g/mol. The molecular formula is C11H9F3N2O. The SMILES string of the molecule is C=CC(=C)C(=O)Nc1cc(C(F)(F)F)ccn1. The van der Waals surface area contributed by atoms with E-state index in [4.69, 9.17) is 0 Å². The molecule has 0 aromatic carbocycles. The molecule has 1 amide bonds. The highest BCUT2D eigenvalue weighted by Gasteiger charge is 2.30. The van der Waals surface area contributed by atoms with Gasteiger partial charge in [-0.3, -0.25) is 4.79 Å². The minimum Gasteiger partial charge on any atom is -0.307 e. The summed E-state index contributed by atoms with van der Waals surface area (Å²) < 4.78 is 37.1. The van der Waals surface area contributed by atoms with E-state index in [1.165, 1.54) is 6.08 Å². The van der Waals surface area contributed by atoms with Crippen molar-refractivity contribution in [3.05, 3.63) is 48.7 Å². The Labute approximate surface area is 95.7 Å². The Morgan fingerprint density at radius 3 is 2.65 bits per heavy atom. The number of halogens is 3. The van der Waals surface area contributed by atoms with Crippen molar-refractivity contribution in [2.45, 2.75) is 6.18 Å². The van der Waals surface area contributed by atoms with E-state index in [2.05, 4.69) is 23.5 Å². The number of hydrogen-bond donors (Lipinski definition) is 1. The van der Waals surface area contributed by atoms with Crippen LogP contribution in [0.3, 0.4) is 0 Å². The van der Waals surface area contributed by atoms with Gasteiger partial charge in [-0.15, -0.1) is 0 Å². The van der Waals surface area contributed by atoms with Gasteiger partial charge < -0.3 is 5.32 Å². The van der Waals surface area contributed by atoms with Gasteiger partial charge in [0.2, 0.25) is 0 Å². The Hall–Kier alpha value is -2.11. The van der Waals surface area contributed by atoms with E-state index in [9.17, 15) is 18.0 Å². The first-order valence-electron chi connectivity index (χ1n) is 4.50. The van der Waals surface area contributed by atoms with Crippen LogP contribution in [0, 0.1) is 0 Å². The second-order valence-electron chi connectivity index (χ2n) is 3.11. The fourth-order valence-corrected chi connectivity index (χ4v) is 0.965. The first-order valence-corrected chi connectivity index (χ1v) is 4.50. The molecule has 90 valence electrons. The summed E-state index contributed by atoms with van der Waals surface area (Å²) in [5.41, 5.74) is -0.837. The van der Waals surface area contributed by atoms with Crippen molar-refractivity contribution in [1.29, 1.82) is 0 Å². The molecule has 0 unspecified atom stereocenters. The summed E-state index contributed by atoms with van der Waals surface area (Å²) in [5, 5.41) is 2.18. The van der Waals surface area contributed by atoms with Gasteiger partial charge in [-0.25, -0.2) is 4.98 Å². The van der Waals surface area contributed by atoms with Crippen molar-refractivity contribution in [3.8, 4) is 0 Å². The third kappa shape index (κ3) is 3.44. The predicted octanol–water partition coefficient (Wildman–Crippen LogP) is 2.78. The molecule has 3 nitrogen and oxygen atoms in total. The second kappa shape index (κ2) is 4.82. The maximum atomic E-state index is 12.4. The van der Waals surface area contributed by atoms with E-state index in [0.717, 1.165) is 18.3 Å². The zero-order chi connectivity index (χ0) is 13.1. The van der Waals surface area contributed by atoms with Crippen molar-refractivity contribution in [3.63, 3.8) is 0 Å². The largest absolute Gasteiger partial charge is 0.416 e. The molecule has 1 aromatic rings. The zero-order valence-corrected chi connectivity index (χ0v) is 8.71. The summed E-state index contributed by atoms with van der Waals surface area (Å²) >= 11 is 0. The lowest BCUT2D eigenvalue weighted by molar-refractivity contribution is -0.137. The van der Waals surface area contributed by atoms with Gasteiger partial charge in [0.15, 0.2) is 0 Å².